The fraction of sp³-hybridized carbons (Fsp3) is 0.759. The summed E-state index contributed by atoms with van der Waals surface area (Å²) in [6.45, 7) is 15.7. The van der Waals surface area contributed by atoms with E-state index in [4.69, 9.17) is 4.74 Å². The lowest BCUT2D eigenvalue weighted by Gasteiger charge is -2.58. The van der Waals surface area contributed by atoms with Gasteiger partial charge < -0.3 is 4.74 Å². The van der Waals surface area contributed by atoms with Crippen LogP contribution in [-0.2, 0) is 9.53 Å². The van der Waals surface area contributed by atoms with E-state index in [1.807, 2.05) is 0 Å². The fourth-order valence-electron chi connectivity index (χ4n) is 8.35. The van der Waals surface area contributed by atoms with Gasteiger partial charge in [-0.15, -0.1) is 0 Å². The Morgan fingerprint density at radius 2 is 1.90 bits per heavy atom. The maximum Gasteiger partial charge on any atom is 0.302 e. The second kappa shape index (κ2) is 8.56. The summed E-state index contributed by atoms with van der Waals surface area (Å²) in [5.74, 6) is 3.06. The van der Waals surface area contributed by atoms with Crippen LogP contribution in [0.25, 0.3) is 0 Å². The summed E-state index contributed by atoms with van der Waals surface area (Å²) in [4.78, 5) is 11.5. The maximum absolute atomic E-state index is 11.5. The van der Waals surface area contributed by atoms with Crippen molar-refractivity contribution in [3.8, 4) is 0 Å². The molecule has 3 fully saturated rings. The van der Waals surface area contributed by atoms with E-state index in [9.17, 15) is 4.79 Å². The number of fused-ring (bicyclic) bond motifs is 5. The van der Waals surface area contributed by atoms with E-state index in [1.165, 1.54) is 49.7 Å². The van der Waals surface area contributed by atoms with Crippen LogP contribution in [0.15, 0.2) is 35.5 Å². The molecule has 2 nitrogen and oxygen atoms in total. The largest absolute Gasteiger partial charge is 0.462 e. The van der Waals surface area contributed by atoms with Gasteiger partial charge in [-0.25, -0.2) is 0 Å². The van der Waals surface area contributed by atoms with Crippen molar-refractivity contribution in [3.63, 3.8) is 0 Å². The Bertz CT molecular complexity index is 785. The van der Waals surface area contributed by atoms with E-state index in [1.54, 1.807) is 12.5 Å². The molecule has 4 aliphatic rings. The summed E-state index contributed by atoms with van der Waals surface area (Å²) in [5.41, 5.74) is 5.29. The van der Waals surface area contributed by atoms with Gasteiger partial charge >= 0.3 is 5.97 Å². The Morgan fingerprint density at radius 3 is 2.61 bits per heavy atom. The smallest absolute Gasteiger partial charge is 0.302 e. The van der Waals surface area contributed by atoms with Crippen molar-refractivity contribution in [2.75, 3.05) is 0 Å². The highest BCUT2D eigenvalue weighted by Crippen LogP contribution is 2.67. The van der Waals surface area contributed by atoms with E-state index in [2.05, 4.69) is 46.4 Å². The van der Waals surface area contributed by atoms with Crippen LogP contribution in [0.5, 0.6) is 0 Å². The second-order valence-corrected chi connectivity index (χ2v) is 11.9. The van der Waals surface area contributed by atoms with Crippen molar-refractivity contribution in [2.24, 2.45) is 34.5 Å². The zero-order valence-electron chi connectivity index (χ0n) is 20.6. The predicted octanol–water partition coefficient (Wildman–Crippen LogP) is 7.80. The number of hydrogen-bond donors (Lipinski definition) is 0. The van der Waals surface area contributed by atoms with Crippen LogP contribution in [0.1, 0.15) is 98.8 Å². The quantitative estimate of drug-likeness (QED) is 0.332. The van der Waals surface area contributed by atoms with Crippen LogP contribution >= 0.6 is 0 Å². The summed E-state index contributed by atoms with van der Waals surface area (Å²) in [5, 5.41) is 0. The Morgan fingerprint density at radius 1 is 1.13 bits per heavy atom. The monoisotopic (exact) mass is 424 g/mol. The number of esters is 1. The van der Waals surface area contributed by atoms with Gasteiger partial charge in [0.2, 0.25) is 0 Å². The van der Waals surface area contributed by atoms with Crippen molar-refractivity contribution in [3.05, 3.63) is 35.5 Å². The Hall–Kier alpha value is -1.31. The molecule has 0 amide bonds. The molecule has 0 N–H and O–H groups in total. The number of hydrogen-bond acceptors (Lipinski definition) is 2. The molecule has 31 heavy (non-hydrogen) atoms. The molecule has 0 aromatic carbocycles. The second-order valence-electron chi connectivity index (χ2n) is 11.9. The molecule has 0 spiro atoms. The molecule has 0 unspecified atom stereocenters. The molecule has 172 valence electrons. The topological polar surface area (TPSA) is 26.3 Å². The minimum atomic E-state index is -0.127. The number of ether oxygens (including phenoxy) is 1. The molecule has 4 aliphatic carbocycles. The first-order chi connectivity index (χ1) is 14.6. The average molecular weight is 425 g/mol. The van der Waals surface area contributed by atoms with Gasteiger partial charge in [0, 0.05) is 13.3 Å². The maximum atomic E-state index is 11.5. The van der Waals surface area contributed by atoms with Gasteiger partial charge in [-0.05, 0) is 106 Å². The molecular weight excluding hydrogens is 380 g/mol. The first-order valence-corrected chi connectivity index (χ1v) is 12.8. The van der Waals surface area contributed by atoms with Crippen molar-refractivity contribution < 1.29 is 9.53 Å². The van der Waals surface area contributed by atoms with Crippen LogP contribution < -0.4 is 0 Å². The molecule has 0 aromatic heterocycles. The van der Waals surface area contributed by atoms with E-state index >= 15 is 0 Å². The van der Waals surface area contributed by atoms with E-state index < -0.39 is 0 Å². The average Bonchev–Trinajstić information content (AvgIpc) is 3.05. The Balaban J connectivity index is 1.49. The highest BCUT2D eigenvalue weighted by Gasteiger charge is 2.58. The van der Waals surface area contributed by atoms with Crippen LogP contribution in [-0.4, -0.2) is 12.1 Å². The first-order valence-electron chi connectivity index (χ1n) is 12.8. The van der Waals surface area contributed by atoms with Crippen molar-refractivity contribution >= 4 is 5.97 Å². The van der Waals surface area contributed by atoms with E-state index in [0.29, 0.717) is 16.7 Å². The van der Waals surface area contributed by atoms with E-state index in [0.717, 1.165) is 43.4 Å². The molecule has 3 saturated carbocycles. The molecule has 0 bridgehead atoms. The number of rotatable bonds is 5. The molecule has 0 saturated heterocycles. The zero-order chi connectivity index (χ0) is 22.4. The molecule has 0 radical (unpaired) electrons. The van der Waals surface area contributed by atoms with Crippen LogP contribution in [0.3, 0.4) is 0 Å². The van der Waals surface area contributed by atoms with Gasteiger partial charge in [-0.3, -0.25) is 4.79 Å². The third kappa shape index (κ3) is 4.09. The molecule has 0 aromatic rings. The van der Waals surface area contributed by atoms with Crippen molar-refractivity contribution in [2.45, 2.75) is 105 Å². The molecule has 7 atom stereocenters. The lowest BCUT2D eigenvalue weighted by Crippen LogP contribution is -2.50. The number of carbonyl (C=O) groups is 1. The van der Waals surface area contributed by atoms with Crippen molar-refractivity contribution in [1.82, 2.24) is 0 Å². The standard InChI is InChI=1S/C29H44O2/c1-19(2)8-7-9-20(3)25-12-13-26-24-11-10-22-18-23(31-21(4)30)14-16-28(22,5)27(24)15-17-29(25,26)6/h8,10,23-27H,3,7,9,11-18H2,1-2,4-6H3/t23-,24-,25+,26-,27-,28-,29+/m0/s1. The predicted molar refractivity (Wildman–Crippen MR) is 129 cm³/mol. The minimum absolute atomic E-state index is 0.0993. The minimum Gasteiger partial charge on any atom is -0.462 e. The molecule has 2 heteroatoms. The summed E-state index contributed by atoms with van der Waals surface area (Å²) in [6.07, 6.45) is 17.2. The van der Waals surface area contributed by atoms with Crippen molar-refractivity contribution in [1.29, 1.82) is 0 Å². The van der Waals surface area contributed by atoms with Crippen LogP contribution in [0.4, 0.5) is 0 Å². The van der Waals surface area contributed by atoms with Gasteiger partial charge in [0.25, 0.3) is 0 Å². The van der Waals surface area contributed by atoms with E-state index in [-0.39, 0.29) is 12.1 Å². The van der Waals surface area contributed by atoms with Gasteiger partial charge in [-0.2, -0.15) is 0 Å². The van der Waals surface area contributed by atoms with Gasteiger partial charge in [0.1, 0.15) is 6.10 Å². The zero-order valence-corrected chi connectivity index (χ0v) is 20.6. The third-order valence-electron chi connectivity index (χ3n) is 9.90. The van der Waals surface area contributed by atoms with Gasteiger partial charge in [0.05, 0.1) is 0 Å². The lowest BCUT2D eigenvalue weighted by molar-refractivity contribution is -0.148. The summed E-state index contributed by atoms with van der Waals surface area (Å²) < 4.78 is 5.60. The molecule has 0 heterocycles. The summed E-state index contributed by atoms with van der Waals surface area (Å²) >= 11 is 0. The Kier molecular flexibility index (Phi) is 6.32. The van der Waals surface area contributed by atoms with Gasteiger partial charge in [-0.1, -0.05) is 49.3 Å². The number of allylic oxidation sites excluding steroid dienone is 4. The lowest BCUT2D eigenvalue weighted by atomic mass is 9.47. The fourth-order valence-corrected chi connectivity index (χ4v) is 8.35. The normalized spacial score (nSPS) is 41.3. The van der Waals surface area contributed by atoms with Crippen LogP contribution in [0, 0.1) is 34.5 Å². The van der Waals surface area contributed by atoms with Gasteiger partial charge in [0.15, 0.2) is 0 Å². The summed E-state index contributed by atoms with van der Waals surface area (Å²) in [6, 6.07) is 0. The molecular formula is C29H44O2. The Labute approximate surface area is 190 Å². The third-order valence-corrected chi connectivity index (χ3v) is 9.90. The SMILES string of the molecule is C=C(CCC=C(C)C)[C@H]1CC[C@H]2[C@@H]3CC=C4C[C@@H](OC(C)=O)CC[C@]4(C)[C@H]3CC[C@]12C. The van der Waals surface area contributed by atoms with Crippen LogP contribution in [0.2, 0.25) is 0 Å². The summed E-state index contributed by atoms with van der Waals surface area (Å²) in [7, 11) is 0. The molecule has 4 rings (SSSR count). The highest BCUT2D eigenvalue weighted by molar-refractivity contribution is 5.66. The number of carbonyl (C=O) groups excluding carboxylic acids is 1. The molecule has 0 aliphatic heterocycles. The highest BCUT2D eigenvalue weighted by atomic mass is 16.5. The first kappa shape index (κ1) is 22.9.